The van der Waals surface area contributed by atoms with Gasteiger partial charge in [-0.05, 0) is 27.2 Å². The molecule has 0 heterocycles. The first-order chi connectivity index (χ1) is 9.30. The number of nitrogens with one attached hydrogen (secondary N) is 2. The van der Waals surface area contributed by atoms with Crippen LogP contribution in [0.4, 0.5) is 9.59 Å². The normalized spacial score (nSPS) is 21.1. The summed E-state index contributed by atoms with van der Waals surface area (Å²) < 4.78 is 9.98. The summed E-state index contributed by atoms with van der Waals surface area (Å²) in [6, 6.07) is -0.318. The van der Waals surface area contributed by atoms with E-state index in [1.807, 2.05) is 12.2 Å². The van der Waals surface area contributed by atoms with E-state index in [1.54, 1.807) is 20.8 Å². The van der Waals surface area contributed by atoms with E-state index >= 15 is 0 Å². The van der Waals surface area contributed by atoms with Crippen LogP contribution in [0, 0.1) is 0 Å². The Hall–Kier alpha value is -1.98. The van der Waals surface area contributed by atoms with E-state index in [0.29, 0.717) is 6.42 Å². The molecule has 0 unspecified atom stereocenters. The van der Waals surface area contributed by atoms with Crippen molar-refractivity contribution in [2.24, 2.45) is 0 Å². The van der Waals surface area contributed by atoms with Crippen LogP contribution in [0.5, 0.6) is 0 Å². The van der Waals surface area contributed by atoms with Gasteiger partial charge in [-0.15, -0.1) is 0 Å². The van der Waals surface area contributed by atoms with E-state index in [0.717, 1.165) is 0 Å². The highest BCUT2D eigenvalue weighted by atomic mass is 16.6. The predicted molar refractivity (Wildman–Crippen MR) is 75.4 cm³/mol. The van der Waals surface area contributed by atoms with Gasteiger partial charge in [-0.3, -0.25) is 0 Å². The fraction of sp³-hybridized carbons (Fsp3) is 0.571. The van der Waals surface area contributed by atoms with E-state index in [-0.39, 0.29) is 18.7 Å². The van der Waals surface area contributed by atoms with Gasteiger partial charge in [-0.2, -0.15) is 0 Å². The average molecular weight is 282 g/mol. The molecule has 20 heavy (non-hydrogen) atoms. The van der Waals surface area contributed by atoms with Crippen molar-refractivity contribution in [3.63, 3.8) is 0 Å². The number of amides is 2. The van der Waals surface area contributed by atoms with Crippen molar-refractivity contribution in [2.45, 2.75) is 44.9 Å². The molecule has 2 N–H and O–H groups in total. The Kier molecular flexibility index (Phi) is 5.61. The smallest absolute Gasteiger partial charge is 0.408 e. The molecular formula is C14H22N2O4. The Morgan fingerprint density at radius 1 is 1.25 bits per heavy atom. The highest BCUT2D eigenvalue weighted by Crippen LogP contribution is 2.13. The second-order valence-electron chi connectivity index (χ2n) is 5.51. The van der Waals surface area contributed by atoms with Gasteiger partial charge in [0, 0.05) is 0 Å². The Morgan fingerprint density at radius 3 is 2.30 bits per heavy atom. The maximum atomic E-state index is 11.6. The molecule has 0 aromatic rings. The second kappa shape index (κ2) is 6.98. The van der Waals surface area contributed by atoms with Gasteiger partial charge >= 0.3 is 12.2 Å². The zero-order valence-electron chi connectivity index (χ0n) is 12.1. The van der Waals surface area contributed by atoms with Gasteiger partial charge in [0.15, 0.2) is 0 Å². The molecule has 1 aliphatic carbocycles. The summed E-state index contributed by atoms with van der Waals surface area (Å²) in [5.41, 5.74) is -0.529. The van der Waals surface area contributed by atoms with Crippen LogP contribution >= 0.6 is 0 Å². The first kappa shape index (κ1) is 16.1. The van der Waals surface area contributed by atoms with Gasteiger partial charge in [0.25, 0.3) is 0 Å². The fourth-order valence-electron chi connectivity index (χ4n) is 1.70. The third-order valence-electron chi connectivity index (χ3n) is 2.42. The van der Waals surface area contributed by atoms with Crippen molar-refractivity contribution in [3.05, 3.63) is 24.8 Å². The number of ether oxygens (including phenoxy) is 2. The summed E-state index contributed by atoms with van der Waals surface area (Å²) in [4.78, 5) is 22.9. The van der Waals surface area contributed by atoms with Crippen LogP contribution in [0.2, 0.25) is 0 Å². The topological polar surface area (TPSA) is 76.7 Å². The molecule has 0 spiro atoms. The lowest BCUT2D eigenvalue weighted by Crippen LogP contribution is -2.40. The number of alkyl carbamates (subject to hydrolysis) is 2. The summed E-state index contributed by atoms with van der Waals surface area (Å²) in [6.07, 6.45) is 4.73. The van der Waals surface area contributed by atoms with Crippen LogP contribution in [-0.4, -0.2) is 36.5 Å². The van der Waals surface area contributed by atoms with Crippen molar-refractivity contribution in [3.8, 4) is 0 Å². The number of hydrogen-bond acceptors (Lipinski definition) is 4. The fourth-order valence-corrected chi connectivity index (χ4v) is 1.70. The quantitative estimate of drug-likeness (QED) is 0.774. The van der Waals surface area contributed by atoms with Crippen molar-refractivity contribution >= 4 is 12.2 Å². The molecule has 2 amide bonds. The molecule has 0 aromatic heterocycles. The minimum atomic E-state index is -0.529. The number of hydrogen-bond donors (Lipinski definition) is 2. The molecule has 0 aromatic carbocycles. The lowest BCUT2D eigenvalue weighted by Gasteiger charge is -2.21. The highest BCUT2D eigenvalue weighted by molar-refractivity contribution is 5.69. The Bertz CT molecular complexity index is 398. The van der Waals surface area contributed by atoms with Gasteiger partial charge in [0.05, 0.1) is 12.1 Å². The molecular weight excluding hydrogens is 260 g/mol. The summed E-state index contributed by atoms with van der Waals surface area (Å²) >= 11 is 0. The van der Waals surface area contributed by atoms with E-state index in [1.165, 1.54) is 6.08 Å². The maximum Gasteiger partial charge on any atom is 0.408 e. The minimum absolute atomic E-state index is 0.158. The van der Waals surface area contributed by atoms with E-state index in [9.17, 15) is 9.59 Å². The molecule has 0 bridgehead atoms. The molecule has 0 aliphatic heterocycles. The van der Waals surface area contributed by atoms with Crippen molar-refractivity contribution < 1.29 is 19.1 Å². The van der Waals surface area contributed by atoms with Gasteiger partial charge in [-0.25, -0.2) is 9.59 Å². The van der Waals surface area contributed by atoms with Crippen LogP contribution in [0.3, 0.4) is 0 Å². The Balaban J connectivity index is 2.30. The zero-order chi connectivity index (χ0) is 15.2. The minimum Gasteiger partial charge on any atom is -0.445 e. The van der Waals surface area contributed by atoms with Gasteiger partial charge < -0.3 is 20.1 Å². The third-order valence-corrected chi connectivity index (χ3v) is 2.42. The Morgan fingerprint density at radius 2 is 1.80 bits per heavy atom. The zero-order valence-corrected chi connectivity index (χ0v) is 12.1. The second-order valence-corrected chi connectivity index (χ2v) is 5.51. The molecule has 0 saturated heterocycles. The first-order valence-electron chi connectivity index (χ1n) is 6.52. The van der Waals surface area contributed by atoms with Gasteiger partial charge in [0.1, 0.15) is 12.2 Å². The van der Waals surface area contributed by atoms with E-state index < -0.39 is 17.8 Å². The SMILES string of the molecule is C=CCOC(=O)N[C@@H]1C=C[C@H](NC(=O)OC(C)(C)C)C1. The number of rotatable bonds is 4. The molecule has 1 aliphatic rings. The largest absolute Gasteiger partial charge is 0.445 e. The summed E-state index contributed by atoms with van der Waals surface area (Å²) in [6.45, 7) is 9.03. The molecule has 0 fully saturated rings. The monoisotopic (exact) mass is 282 g/mol. The predicted octanol–water partition coefficient (Wildman–Crippen LogP) is 2.12. The average Bonchev–Trinajstić information content (AvgIpc) is 2.71. The summed E-state index contributed by atoms with van der Waals surface area (Å²) in [5, 5.41) is 5.40. The summed E-state index contributed by atoms with van der Waals surface area (Å²) in [5.74, 6) is 0. The van der Waals surface area contributed by atoms with Gasteiger partial charge in [-0.1, -0.05) is 24.8 Å². The van der Waals surface area contributed by atoms with Crippen molar-refractivity contribution in [2.75, 3.05) is 6.61 Å². The van der Waals surface area contributed by atoms with Gasteiger partial charge in [0.2, 0.25) is 0 Å². The molecule has 0 radical (unpaired) electrons. The third kappa shape index (κ3) is 6.26. The molecule has 6 nitrogen and oxygen atoms in total. The number of carbonyl (C=O) groups excluding carboxylic acids is 2. The lowest BCUT2D eigenvalue weighted by molar-refractivity contribution is 0.0513. The molecule has 1 rings (SSSR count). The Labute approximate surface area is 119 Å². The molecule has 112 valence electrons. The van der Waals surface area contributed by atoms with Crippen molar-refractivity contribution in [1.82, 2.24) is 10.6 Å². The van der Waals surface area contributed by atoms with Crippen LogP contribution in [0.15, 0.2) is 24.8 Å². The molecule has 0 saturated carbocycles. The number of carbonyl (C=O) groups is 2. The molecule has 2 atom stereocenters. The molecule has 6 heteroatoms. The van der Waals surface area contributed by atoms with E-state index in [2.05, 4.69) is 17.2 Å². The lowest BCUT2D eigenvalue weighted by atomic mass is 10.2. The maximum absolute atomic E-state index is 11.6. The van der Waals surface area contributed by atoms with Crippen LogP contribution < -0.4 is 10.6 Å². The highest BCUT2D eigenvalue weighted by Gasteiger charge is 2.24. The first-order valence-corrected chi connectivity index (χ1v) is 6.52. The summed E-state index contributed by atoms with van der Waals surface area (Å²) in [7, 11) is 0. The van der Waals surface area contributed by atoms with E-state index in [4.69, 9.17) is 9.47 Å². The van der Waals surface area contributed by atoms with Crippen LogP contribution in [0.1, 0.15) is 27.2 Å². The standard InChI is InChI=1S/C14H22N2O4/c1-5-8-19-12(17)15-10-6-7-11(9-10)16-13(18)20-14(2,3)4/h5-7,10-11H,1,8-9H2,2-4H3,(H,15,17)(H,16,18)/t10-,11+/m1/s1. The van der Waals surface area contributed by atoms with Crippen molar-refractivity contribution in [1.29, 1.82) is 0 Å². The van der Waals surface area contributed by atoms with Crippen LogP contribution in [-0.2, 0) is 9.47 Å². The van der Waals surface area contributed by atoms with Crippen LogP contribution in [0.25, 0.3) is 0 Å².